The molecule has 5 nitrogen and oxygen atoms in total. The van der Waals surface area contributed by atoms with Crippen LogP contribution in [0, 0.1) is 18.6 Å². The molecule has 0 aliphatic carbocycles. The van der Waals surface area contributed by atoms with E-state index in [0.29, 0.717) is 22.2 Å². The molecule has 0 atom stereocenters. The van der Waals surface area contributed by atoms with Crippen molar-refractivity contribution < 1.29 is 18.0 Å². The molecule has 24 heavy (non-hydrogen) atoms. The lowest BCUT2D eigenvalue weighted by atomic mass is 10.1. The summed E-state index contributed by atoms with van der Waals surface area (Å²) in [4.78, 5) is 25.5. The third-order valence-corrected chi connectivity index (χ3v) is 3.40. The van der Waals surface area contributed by atoms with Crippen LogP contribution in [-0.4, -0.2) is 10.9 Å². The summed E-state index contributed by atoms with van der Waals surface area (Å²) in [5.74, 6) is -3.06. The molecule has 122 valence electrons. The molecule has 0 saturated carbocycles. The number of carbonyl (C=O) groups is 1. The van der Waals surface area contributed by atoms with E-state index in [4.69, 9.17) is 4.42 Å². The van der Waals surface area contributed by atoms with Crippen LogP contribution in [0.1, 0.15) is 11.1 Å². The van der Waals surface area contributed by atoms with Crippen molar-refractivity contribution in [2.75, 3.05) is 5.32 Å². The predicted octanol–water partition coefficient (Wildman–Crippen LogP) is 3.36. The highest BCUT2D eigenvalue weighted by atomic mass is 19.2. The Bertz CT molecular complexity index is 1020. The van der Waals surface area contributed by atoms with Gasteiger partial charge in [-0.2, -0.15) is 0 Å². The van der Waals surface area contributed by atoms with Crippen LogP contribution in [0.5, 0.6) is 0 Å². The summed E-state index contributed by atoms with van der Waals surface area (Å²) in [7, 11) is 0. The van der Waals surface area contributed by atoms with E-state index in [1.807, 2.05) is 0 Å². The Morgan fingerprint density at radius 3 is 2.75 bits per heavy atom. The van der Waals surface area contributed by atoms with Gasteiger partial charge in [0.1, 0.15) is 0 Å². The Kier molecular flexibility index (Phi) is 3.99. The van der Waals surface area contributed by atoms with E-state index >= 15 is 0 Å². The van der Waals surface area contributed by atoms with Crippen LogP contribution in [0.3, 0.4) is 0 Å². The quantitative estimate of drug-likeness (QED) is 0.723. The van der Waals surface area contributed by atoms with E-state index in [2.05, 4.69) is 10.3 Å². The third-order valence-electron chi connectivity index (χ3n) is 3.40. The first kappa shape index (κ1) is 15.7. The number of carbonyl (C=O) groups excluding carboxylic acids is 1. The van der Waals surface area contributed by atoms with Crippen molar-refractivity contribution >= 4 is 28.8 Å². The number of aromatic amines is 1. The summed E-state index contributed by atoms with van der Waals surface area (Å²) in [6.45, 7) is 1.56. The summed E-state index contributed by atoms with van der Waals surface area (Å²) < 4.78 is 31.2. The summed E-state index contributed by atoms with van der Waals surface area (Å²) in [6.07, 6.45) is 2.77. The van der Waals surface area contributed by atoms with E-state index in [1.165, 1.54) is 12.2 Å². The van der Waals surface area contributed by atoms with Gasteiger partial charge in [-0.1, -0.05) is 6.07 Å². The number of fused-ring (bicyclic) bond motifs is 1. The van der Waals surface area contributed by atoms with Crippen molar-refractivity contribution in [2.45, 2.75) is 6.92 Å². The lowest BCUT2D eigenvalue weighted by Crippen LogP contribution is -2.09. The maximum Gasteiger partial charge on any atom is 0.417 e. The van der Waals surface area contributed by atoms with Crippen LogP contribution in [0.4, 0.5) is 14.5 Å². The molecule has 0 spiro atoms. The van der Waals surface area contributed by atoms with Gasteiger partial charge in [-0.05, 0) is 42.3 Å². The Labute approximate surface area is 134 Å². The molecular weight excluding hydrogens is 318 g/mol. The molecule has 2 aromatic carbocycles. The summed E-state index contributed by atoms with van der Waals surface area (Å²) >= 11 is 0. The molecule has 1 amide bonds. The second kappa shape index (κ2) is 6.11. The minimum Gasteiger partial charge on any atom is -0.408 e. The molecule has 0 fully saturated rings. The Hall–Kier alpha value is -3.22. The first-order valence-electron chi connectivity index (χ1n) is 7.00. The van der Waals surface area contributed by atoms with Gasteiger partial charge in [-0.15, -0.1) is 0 Å². The number of aromatic nitrogens is 1. The van der Waals surface area contributed by atoms with Crippen LogP contribution >= 0.6 is 0 Å². The molecule has 3 rings (SSSR count). The Balaban J connectivity index is 1.77. The topological polar surface area (TPSA) is 75.1 Å². The number of nitrogens with one attached hydrogen (secondary N) is 2. The first-order valence-corrected chi connectivity index (χ1v) is 7.00. The van der Waals surface area contributed by atoms with Crippen LogP contribution in [0.2, 0.25) is 0 Å². The van der Waals surface area contributed by atoms with Crippen LogP contribution in [0.25, 0.3) is 17.2 Å². The molecule has 0 saturated heterocycles. The zero-order chi connectivity index (χ0) is 17.3. The van der Waals surface area contributed by atoms with Gasteiger partial charge in [0.15, 0.2) is 17.2 Å². The van der Waals surface area contributed by atoms with E-state index in [0.717, 1.165) is 12.1 Å². The zero-order valence-corrected chi connectivity index (χ0v) is 12.5. The number of benzene rings is 2. The minimum atomic E-state index is -1.03. The number of halogens is 2. The smallest absolute Gasteiger partial charge is 0.408 e. The van der Waals surface area contributed by atoms with Crippen molar-refractivity contribution in [3.63, 3.8) is 0 Å². The SMILES string of the molecule is Cc1cc(F)c(F)cc1NC(=O)/C=C/c1ccc2oc(=O)[nH]c2c1. The van der Waals surface area contributed by atoms with Crippen LogP contribution in [0.15, 0.2) is 45.6 Å². The maximum absolute atomic E-state index is 13.2. The van der Waals surface area contributed by atoms with Gasteiger partial charge in [0.05, 0.1) is 5.52 Å². The Morgan fingerprint density at radius 2 is 1.96 bits per heavy atom. The number of hydrogen-bond acceptors (Lipinski definition) is 3. The van der Waals surface area contributed by atoms with Gasteiger partial charge < -0.3 is 9.73 Å². The number of rotatable bonds is 3. The van der Waals surface area contributed by atoms with Gasteiger partial charge in [-0.3, -0.25) is 9.78 Å². The average molecular weight is 330 g/mol. The number of H-pyrrole nitrogens is 1. The molecule has 3 aromatic rings. The number of aryl methyl sites for hydroxylation is 1. The van der Waals surface area contributed by atoms with E-state index in [-0.39, 0.29) is 5.69 Å². The number of anilines is 1. The summed E-state index contributed by atoms with van der Waals surface area (Å²) in [6, 6.07) is 6.86. The first-order chi connectivity index (χ1) is 11.4. The van der Waals surface area contributed by atoms with Crippen LogP contribution < -0.4 is 11.1 Å². The van der Waals surface area contributed by atoms with Gasteiger partial charge in [0, 0.05) is 17.8 Å². The molecule has 1 heterocycles. The van der Waals surface area contributed by atoms with E-state index in [9.17, 15) is 18.4 Å². The number of oxazole rings is 1. The van der Waals surface area contributed by atoms with Crippen molar-refractivity contribution in [2.24, 2.45) is 0 Å². The van der Waals surface area contributed by atoms with Gasteiger partial charge in [0.25, 0.3) is 0 Å². The zero-order valence-electron chi connectivity index (χ0n) is 12.5. The predicted molar refractivity (Wildman–Crippen MR) is 85.6 cm³/mol. The minimum absolute atomic E-state index is 0.193. The lowest BCUT2D eigenvalue weighted by molar-refractivity contribution is -0.111. The molecule has 0 aliphatic rings. The van der Waals surface area contributed by atoms with E-state index in [1.54, 1.807) is 25.1 Å². The summed E-state index contributed by atoms with van der Waals surface area (Å²) in [5.41, 5.74) is 2.20. The highest BCUT2D eigenvalue weighted by molar-refractivity contribution is 6.02. The average Bonchev–Trinajstić information content (AvgIpc) is 2.90. The van der Waals surface area contributed by atoms with Crippen molar-refractivity contribution in [3.05, 3.63) is 69.7 Å². The fourth-order valence-electron chi connectivity index (χ4n) is 2.20. The molecule has 0 radical (unpaired) electrons. The number of amides is 1. The fraction of sp³-hybridized carbons (Fsp3) is 0.0588. The molecule has 0 aliphatic heterocycles. The Morgan fingerprint density at radius 1 is 1.21 bits per heavy atom. The summed E-state index contributed by atoms with van der Waals surface area (Å²) in [5, 5.41) is 2.48. The highest BCUT2D eigenvalue weighted by Crippen LogP contribution is 2.19. The third kappa shape index (κ3) is 3.24. The normalized spacial score (nSPS) is 11.3. The van der Waals surface area contributed by atoms with Gasteiger partial charge >= 0.3 is 5.76 Å². The molecule has 0 unspecified atom stereocenters. The molecule has 2 N–H and O–H groups in total. The molecular formula is C17H12F2N2O3. The molecule has 1 aromatic heterocycles. The highest BCUT2D eigenvalue weighted by Gasteiger charge is 2.08. The van der Waals surface area contributed by atoms with Gasteiger partial charge in [-0.25, -0.2) is 13.6 Å². The van der Waals surface area contributed by atoms with E-state index < -0.39 is 23.3 Å². The van der Waals surface area contributed by atoms with Crippen molar-refractivity contribution in [3.8, 4) is 0 Å². The molecule has 7 heteroatoms. The standard InChI is InChI=1S/C17H12F2N2O3/c1-9-6-11(18)12(19)8-13(9)20-16(22)5-3-10-2-4-15-14(7-10)21-17(23)24-15/h2-8H,1H3,(H,20,22)(H,21,23)/b5-3+. The fourth-order valence-corrected chi connectivity index (χ4v) is 2.20. The maximum atomic E-state index is 13.2. The largest absolute Gasteiger partial charge is 0.417 e. The monoisotopic (exact) mass is 330 g/mol. The van der Waals surface area contributed by atoms with Crippen molar-refractivity contribution in [1.29, 1.82) is 0 Å². The van der Waals surface area contributed by atoms with Gasteiger partial charge in [0.2, 0.25) is 5.91 Å². The van der Waals surface area contributed by atoms with Crippen LogP contribution in [-0.2, 0) is 4.79 Å². The lowest BCUT2D eigenvalue weighted by Gasteiger charge is -2.07. The molecule has 0 bridgehead atoms. The number of hydrogen-bond donors (Lipinski definition) is 2. The second-order valence-corrected chi connectivity index (χ2v) is 5.17. The van der Waals surface area contributed by atoms with Crippen molar-refractivity contribution in [1.82, 2.24) is 4.98 Å². The second-order valence-electron chi connectivity index (χ2n) is 5.17.